The van der Waals surface area contributed by atoms with Gasteiger partial charge in [-0.05, 0) is 37.2 Å². The van der Waals surface area contributed by atoms with Crippen molar-refractivity contribution >= 4 is 10.9 Å². The van der Waals surface area contributed by atoms with Gasteiger partial charge >= 0.3 is 0 Å². The fraction of sp³-hybridized carbons (Fsp3) is 0.357. The number of benzene rings is 1. The molecule has 88 valence electrons. The summed E-state index contributed by atoms with van der Waals surface area (Å²) in [7, 11) is 0. The van der Waals surface area contributed by atoms with Crippen LogP contribution in [0.1, 0.15) is 18.0 Å². The van der Waals surface area contributed by atoms with Gasteiger partial charge in [0.25, 0.3) is 0 Å². The molecule has 0 bridgehead atoms. The Kier molecular flexibility index (Phi) is 3.03. The fourth-order valence-electron chi connectivity index (χ4n) is 2.32. The summed E-state index contributed by atoms with van der Waals surface area (Å²) in [6, 6.07) is 10.9. The van der Waals surface area contributed by atoms with Crippen LogP contribution in [0.4, 0.5) is 0 Å². The molecule has 1 fully saturated rings. The van der Waals surface area contributed by atoms with Crippen LogP contribution in [0.15, 0.2) is 36.5 Å². The van der Waals surface area contributed by atoms with Crippen LogP contribution >= 0.6 is 0 Å². The average molecular weight is 227 g/mol. The van der Waals surface area contributed by atoms with Crippen LogP contribution in [-0.2, 0) is 0 Å². The largest absolute Gasteiger partial charge is 0.315 e. The number of para-hydroxylation sites is 1. The zero-order valence-electron chi connectivity index (χ0n) is 9.82. The normalized spacial score (nSPS) is 21.3. The van der Waals surface area contributed by atoms with E-state index in [4.69, 9.17) is 0 Å². The van der Waals surface area contributed by atoms with Crippen molar-refractivity contribution in [2.24, 2.45) is 0 Å². The van der Waals surface area contributed by atoms with Gasteiger partial charge < -0.3 is 10.6 Å². The molecular formula is C14H17N3. The van der Waals surface area contributed by atoms with E-state index >= 15 is 0 Å². The fourth-order valence-corrected chi connectivity index (χ4v) is 2.32. The van der Waals surface area contributed by atoms with Crippen molar-refractivity contribution in [3.05, 3.63) is 42.1 Å². The van der Waals surface area contributed by atoms with Gasteiger partial charge in [0.1, 0.15) is 0 Å². The highest BCUT2D eigenvalue weighted by atomic mass is 15.0. The van der Waals surface area contributed by atoms with Gasteiger partial charge in [0.15, 0.2) is 0 Å². The molecule has 2 heterocycles. The maximum Gasteiger partial charge on any atom is 0.0702 e. The molecule has 1 aromatic carbocycles. The number of nitrogens with zero attached hydrogens (tertiary/aromatic N) is 1. The van der Waals surface area contributed by atoms with Gasteiger partial charge in [-0.3, -0.25) is 4.98 Å². The smallest absolute Gasteiger partial charge is 0.0702 e. The van der Waals surface area contributed by atoms with Gasteiger partial charge in [-0.1, -0.05) is 18.2 Å². The zero-order valence-corrected chi connectivity index (χ0v) is 9.82. The molecule has 0 saturated carbocycles. The predicted octanol–water partition coefficient (Wildman–Crippen LogP) is 1.86. The van der Waals surface area contributed by atoms with Crippen molar-refractivity contribution in [3.8, 4) is 0 Å². The summed E-state index contributed by atoms with van der Waals surface area (Å²) in [6.45, 7) is 3.16. The van der Waals surface area contributed by atoms with Crippen LogP contribution in [0.3, 0.4) is 0 Å². The standard InChI is InChI=1S/C14H17N3/c1-2-5-13-11(4-1)8-12(9-17-13)14-10-15-6-3-7-16-14/h1-2,4-5,8-9,14-16H,3,6-7,10H2. The third-order valence-corrected chi connectivity index (χ3v) is 3.28. The minimum atomic E-state index is 0.384. The van der Waals surface area contributed by atoms with E-state index in [0.717, 1.165) is 25.2 Å². The number of hydrogen-bond donors (Lipinski definition) is 2. The second-order valence-electron chi connectivity index (χ2n) is 4.53. The maximum absolute atomic E-state index is 4.52. The molecular weight excluding hydrogens is 210 g/mol. The summed E-state index contributed by atoms with van der Waals surface area (Å²) in [6.07, 6.45) is 3.19. The van der Waals surface area contributed by atoms with E-state index in [9.17, 15) is 0 Å². The van der Waals surface area contributed by atoms with E-state index in [-0.39, 0.29) is 0 Å². The van der Waals surface area contributed by atoms with Crippen LogP contribution in [0.2, 0.25) is 0 Å². The number of aromatic nitrogens is 1. The summed E-state index contributed by atoms with van der Waals surface area (Å²) in [4.78, 5) is 4.52. The van der Waals surface area contributed by atoms with Gasteiger partial charge in [-0.15, -0.1) is 0 Å². The Morgan fingerprint density at radius 1 is 1.18 bits per heavy atom. The number of nitrogens with one attached hydrogen (secondary N) is 2. The SMILES string of the molecule is c1ccc2ncc(C3CNCCCN3)cc2c1. The number of pyridine rings is 1. The van der Waals surface area contributed by atoms with Crippen LogP contribution in [0.5, 0.6) is 0 Å². The molecule has 0 aliphatic carbocycles. The molecule has 1 aliphatic heterocycles. The van der Waals surface area contributed by atoms with Crippen molar-refractivity contribution in [3.63, 3.8) is 0 Å². The molecule has 1 aromatic heterocycles. The third kappa shape index (κ3) is 2.30. The first-order chi connectivity index (χ1) is 8.43. The van der Waals surface area contributed by atoms with Crippen molar-refractivity contribution in [1.29, 1.82) is 0 Å². The van der Waals surface area contributed by atoms with Gasteiger partial charge in [0.2, 0.25) is 0 Å². The highest BCUT2D eigenvalue weighted by Gasteiger charge is 2.13. The molecule has 1 atom stereocenters. The minimum Gasteiger partial charge on any atom is -0.315 e. The van der Waals surface area contributed by atoms with Crippen molar-refractivity contribution in [1.82, 2.24) is 15.6 Å². The highest BCUT2D eigenvalue weighted by molar-refractivity contribution is 5.78. The Morgan fingerprint density at radius 3 is 3.12 bits per heavy atom. The van der Waals surface area contributed by atoms with Gasteiger partial charge in [-0.25, -0.2) is 0 Å². The predicted molar refractivity (Wildman–Crippen MR) is 70.0 cm³/mol. The van der Waals surface area contributed by atoms with E-state index in [2.05, 4.69) is 39.9 Å². The summed E-state index contributed by atoms with van der Waals surface area (Å²) in [5, 5.41) is 8.23. The number of rotatable bonds is 1. The van der Waals surface area contributed by atoms with Gasteiger partial charge in [0.05, 0.1) is 5.52 Å². The van der Waals surface area contributed by atoms with E-state index in [1.54, 1.807) is 0 Å². The van der Waals surface area contributed by atoms with E-state index in [1.807, 2.05) is 12.3 Å². The first kappa shape index (κ1) is 10.7. The lowest BCUT2D eigenvalue weighted by Gasteiger charge is -2.16. The Hall–Kier alpha value is -1.45. The molecule has 3 nitrogen and oxygen atoms in total. The monoisotopic (exact) mass is 227 g/mol. The second-order valence-corrected chi connectivity index (χ2v) is 4.53. The maximum atomic E-state index is 4.52. The average Bonchev–Trinajstić information content (AvgIpc) is 2.67. The number of fused-ring (bicyclic) bond motifs is 1. The molecule has 3 rings (SSSR count). The van der Waals surface area contributed by atoms with Crippen molar-refractivity contribution in [2.45, 2.75) is 12.5 Å². The Balaban J connectivity index is 1.93. The number of hydrogen-bond acceptors (Lipinski definition) is 3. The molecule has 17 heavy (non-hydrogen) atoms. The van der Waals surface area contributed by atoms with E-state index in [0.29, 0.717) is 6.04 Å². The Morgan fingerprint density at radius 2 is 2.12 bits per heavy atom. The van der Waals surface area contributed by atoms with Gasteiger partial charge in [0, 0.05) is 24.2 Å². The van der Waals surface area contributed by atoms with Crippen LogP contribution in [-0.4, -0.2) is 24.6 Å². The molecule has 1 unspecified atom stereocenters. The van der Waals surface area contributed by atoms with E-state index in [1.165, 1.54) is 17.4 Å². The molecule has 1 saturated heterocycles. The molecule has 1 aliphatic rings. The second kappa shape index (κ2) is 4.82. The summed E-state index contributed by atoms with van der Waals surface area (Å²) in [5.41, 5.74) is 2.34. The van der Waals surface area contributed by atoms with Gasteiger partial charge in [-0.2, -0.15) is 0 Å². The first-order valence-electron chi connectivity index (χ1n) is 6.22. The molecule has 3 heteroatoms. The molecule has 0 radical (unpaired) electrons. The summed E-state index contributed by atoms with van der Waals surface area (Å²) in [5.74, 6) is 0. The minimum absolute atomic E-state index is 0.384. The van der Waals surface area contributed by atoms with Crippen LogP contribution in [0, 0.1) is 0 Å². The first-order valence-corrected chi connectivity index (χ1v) is 6.22. The lowest BCUT2D eigenvalue weighted by molar-refractivity contribution is 0.552. The van der Waals surface area contributed by atoms with Crippen LogP contribution < -0.4 is 10.6 Å². The lowest BCUT2D eigenvalue weighted by Crippen LogP contribution is -2.27. The van der Waals surface area contributed by atoms with Crippen LogP contribution in [0.25, 0.3) is 10.9 Å². The summed E-state index contributed by atoms with van der Waals surface area (Å²) < 4.78 is 0. The zero-order chi connectivity index (χ0) is 11.5. The van der Waals surface area contributed by atoms with E-state index < -0.39 is 0 Å². The topological polar surface area (TPSA) is 37.0 Å². The summed E-state index contributed by atoms with van der Waals surface area (Å²) >= 11 is 0. The quantitative estimate of drug-likeness (QED) is 0.781. The third-order valence-electron chi connectivity index (χ3n) is 3.28. The Bertz CT molecular complexity index is 502. The lowest BCUT2D eigenvalue weighted by atomic mass is 10.1. The molecule has 0 amide bonds. The highest BCUT2D eigenvalue weighted by Crippen LogP contribution is 2.18. The molecule has 0 spiro atoms. The van der Waals surface area contributed by atoms with Crippen molar-refractivity contribution in [2.75, 3.05) is 19.6 Å². The van der Waals surface area contributed by atoms with Crippen molar-refractivity contribution < 1.29 is 0 Å². The molecule has 2 N–H and O–H groups in total. The Labute approximate surface area is 101 Å². The molecule has 2 aromatic rings.